The minimum atomic E-state index is -0.695. The van der Waals surface area contributed by atoms with Crippen molar-refractivity contribution >= 4 is 40.7 Å². The number of carbonyl (C=O) groups is 2. The topological polar surface area (TPSA) is 72.9 Å². The standard InChI is InChI=1S/C20H21Cl2N3O3/c1-13(23-19(27)14-5-4-6-15(21)18(14)22)20(28)25-11-9-24(10-12-25)16-7-2-3-8-17(16)26/h2-8,13,26H,9-12H2,1H3,(H,23,27). The summed E-state index contributed by atoms with van der Waals surface area (Å²) in [5, 5.41) is 13.1. The molecule has 1 atom stereocenters. The van der Waals surface area contributed by atoms with Gasteiger partial charge in [-0.1, -0.05) is 41.4 Å². The molecule has 0 radical (unpaired) electrons. The van der Waals surface area contributed by atoms with Gasteiger partial charge in [0.2, 0.25) is 5.91 Å². The molecule has 2 amide bonds. The molecular formula is C20H21Cl2N3O3. The average Bonchev–Trinajstić information content (AvgIpc) is 2.70. The van der Waals surface area contributed by atoms with Gasteiger partial charge in [-0.05, 0) is 31.2 Å². The normalized spacial score (nSPS) is 15.2. The molecule has 8 heteroatoms. The molecule has 28 heavy (non-hydrogen) atoms. The third-order valence-corrected chi connectivity index (χ3v) is 5.55. The number of nitrogens with one attached hydrogen (secondary N) is 1. The first kappa shape index (κ1) is 20.3. The van der Waals surface area contributed by atoms with E-state index >= 15 is 0 Å². The fourth-order valence-corrected chi connectivity index (χ4v) is 3.57. The van der Waals surface area contributed by atoms with E-state index in [1.807, 2.05) is 17.0 Å². The highest BCUT2D eigenvalue weighted by Crippen LogP contribution is 2.27. The van der Waals surface area contributed by atoms with Crippen molar-refractivity contribution in [1.29, 1.82) is 0 Å². The molecule has 1 unspecified atom stereocenters. The summed E-state index contributed by atoms with van der Waals surface area (Å²) in [5.74, 6) is -0.383. The third kappa shape index (κ3) is 4.34. The van der Waals surface area contributed by atoms with Crippen molar-refractivity contribution in [2.24, 2.45) is 0 Å². The highest BCUT2D eigenvalue weighted by atomic mass is 35.5. The van der Waals surface area contributed by atoms with Crippen molar-refractivity contribution in [2.75, 3.05) is 31.1 Å². The molecular weight excluding hydrogens is 401 g/mol. The maximum absolute atomic E-state index is 12.7. The Morgan fingerprint density at radius 3 is 2.39 bits per heavy atom. The minimum Gasteiger partial charge on any atom is -0.506 e. The van der Waals surface area contributed by atoms with Crippen molar-refractivity contribution in [3.8, 4) is 5.75 Å². The monoisotopic (exact) mass is 421 g/mol. The molecule has 0 aromatic heterocycles. The number of halogens is 2. The number of hydrogen-bond acceptors (Lipinski definition) is 4. The first-order valence-electron chi connectivity index (χ1n) is 8.95. The molecule has 148 valence electrons. The lowest BCUT2D eigenvalue weighted by atomic mass is 10.1. The third-order valence-electron chi connectivity index (χ3n) is 4.73. The molecule has 1 heterocycles. The van der Waals surface area contributed by atoms with Gasteiger partial charge in [-0.3, -0.25) is 9.59 Å². The van der Waals surface area contributed by atoms with Gasteiger partial charge < -0.3 is 20.2 Å². The van der Waals surface area contributed by atoms with E-state index in [0.29, 0.717) is 26.2 Å². The Kier molecular flexibility index (Phi) is 6.31. The van der Waals surface area contributed by atoms with Crippen LogP contribution < -0.4 is 10.2 Å². The Labute approximate surface area is 173 Å². The van der Waals surface area contributed by atoms with Gasteiger partial charge in [0.25, 0.3) is 5.91 Å². The maximum Gasteiger partial charge on any atom is 0.253 e. The molecule has 0 bridgehead atoms. The van der Waals surface area contributed by atoms with E-state index in [9.17, 15) is 14.7 Å². The molecule has 0 saturated carbocycles. The molecule has 1 fully saturated rings. The van der Waals surface area contributed by atoms with E-state index in [-0.39, 0.29) is 27.3 Å². The summed E-state index contributed by atoms with van der Waals surface area (Å²) in [6.45, 7) is 3.86. The summed E-state index contributed by atoms with van der Waals surface area (Å²) in [6, 6.07) is 11.2. The van der Waals surface area contributed by atoms with Crippen LogP contribution in [0.3, 0.4) is 0 Å². The summed E-state index contributed by atoms with van der Waals surface area (Å²) in [6.07, 6.45) is 0. The Morgan fingerprint density at radius 1 is 1.04 bits per heavy atom. The van der Waals surface area contributed by atoms with E-state index in [4.69, 9.17) is 23.2 Å². The van der Waals surface area contributed by atoms with Crippen LogP contribution in [-0.4, -0.2) is 54.0 Å². The van der Waals surface area contributed by atoms with Crippen molar-refractivity contribution in [1.82, 2.24) is 10.2 Å². The quantitative estimate of drug-likeness (QED) is 0.794. The Bertz CT molecular complexity index is 883. The number of para-hydroxylation sites is 2. The zero-order valence-electron chi connectivity index (χ0n) is 15.4. The molecule has 0 aliphatic carbocycles. The summed E-state index contributed by atoms with van der Waals surface area (Å²) in [4.78, 5) is 28.9. The van der Waals surface area contributed by atoms with E-state index in [0.717, 1.165) is 5.69 Å². The van der Waals surface area contributed by atoms with Crippen molar-refractivity contribution in [2.45, 2.75) is 13.0 Å². The van der Waals surface area contributed by atoms with Crippen LogP contribution in [0.1, 0.15) is 17.3 Å². The Hall–Kier alpha value is -2.44. The van der Waals surface area contributed by atoms with E-state index < -0.39 is 11.9 Å². The fourth-order valence-electron chi connectivity index (χ4n) is 3.19. The van der Waals surface area contributed by atoms with Crippen LogP contribution in [0.5, 0.6) is 5.75 Å². The van der Waals surface area contributed by atoms with Gasteiger partial charge in [0.15, 0.2) is 0 Å². The highest BCUT2D eigenvalue weighted by Gasteiger charge is 2.27. The van der Waals surface area contributed by atoms with Gasteiger partial charge in [0.1, 0.15) is 11.8 Å². The SMILES string of the molecule is CC(NC(=O)c1cccc(Cl)c1Cl)C(=O)N1CCN(c2ccccc2O)CC1. The average molecular weight is 422 g/mol. The summed E-state index contributed by atoms with van der Waals surface area (Å²) < 4.78 is 0. The number of phenols is 1. The number of amides is 2. The molecule has 6 nitrogen and oxygen atoms in total. The molecule has 1 aliphatic heterocycles. The number of piperazine rings is 1. The fraction of sp³-hybridized carbons (Fsp3) is 0.300. The predicted molar refractivity (Wildman–Crippen MR) is 110 cm³/mol. The highest BCUT2D eigenvalue weighted by molar-refractivity contribution is 6.43. The lowest BCUT2D eigenvalue weighted by Crippen LogP contribution is -2.54. The van der Waals surface area contributed by atoms with Gasteiger partial charge in [0, 0.05) is 26.2 Å². The largest absolute Gasteiger partial charge is 0.506 e. The molecule has 2 aromatic rings. The number of hydrogen-bond donors (Lipinski definition) is 2. The van der Waals surface area contributed by atoms with Crippen LogP contribution >= 0.6 is 23.2 Å². The second-order valence-electron chi connectivity index (χ2n) is 6.60. The van der Waals surface area contributed by atoms with Crippen LogP contribution in [0.25, 0.3) is 0 Å². The lowest BCUT2D eigenvalue weighted by molar-refractivity contribution is -0.133. The van der Waals surface area contributed by atoms with E-state index in [1.165, 1.54) is 0 Å². The number of nitrogens with zero attached hydrogens (tertiary/aromatic N) is 2. The first-order chi connectivity index (χ1) is 13.4. The number of carbonyl (C=O) groups excluding carboxylic acids is 2. The smallest absolute Gasteiger partial charge is 0.253 e. The van der Waals surface area contributed by atoms with Crippen LogP contribution in [0.4, 0.5) is 5.69 Å². The molecule has 1 aliphatic rings. The minimum absolute atomic E-state index is 0.163. The van der Waals surface area contributed by atoms with Crippen molar-refractivity contribution in [3.63, 3.8) is 0 Å². The maximum atomic E-state index is 12.7. The van der Waals surface area contributed by atoms with Gasteiger partial charge in [-0.2, -0.15) is 0 Å². The lowest BCUT2D eigenvalue weighted by Gasteiger charge is -2.37. The molecule has 1 saturated heterocycles. The van der Waals surface area contributed by atoms with Crippen molar-refractivity contribution < 1.29 is 14.7 Å². The van der Waals surface area contributed by atoms with Crippen LogP contribution in [0, 0.1) is 0 Å². The molecule has 2 aromatic carbocycles. The Morgan fingerprint density at radius 2 is 1.71 bits per heavy atom. The number of phenolic OH excluding ortho intramolecular Hbond substituents is 1. The zero-order valence-corrected chi connectivity index (χ0v) is 16.9. The molecule has 0 spiro atoms. The second-order valence-corrected chi connectivity index (χ2v) is 7.38. The zero-order chi connectivity index (χ0) is 20.3. The molecule has 3 rings (SSSR count). The van der Waals surface area contributed by atoms with Gasteiger partial charge in [-0.25, -0.2) is 0 Å². The van der Waals surface area contributed by atoms with Gasteiger partial charge >= 0.3 is 0 Å². The van der Waals surface area contributed by atoms with Crippen LogP contribution in [0.2, 0.25) is 10.0 Å². The first-order valence-corrected chi connectivity index (χ1v) is 9.70. The number of aromatic hydroxyl groups is 1. The van der Waals surface area contributed by atoms with Crippen LogP contribution in [0.15, 0.2) is 42.5 Å². The van der Waals surface area contributed by atoms with Gasteiger partial charge in [-0.15, -0.1) is 0 Å². The number of rotatable bonds is 4. The Balaban J connectivity index is 1.58. The second kappa shape index (κ2) is 8.71. The molecule has 2 N–H and O–H groups in total. The summed E-state index contributed by atoms with van der Waals surface area (Å²) in [5.41, 5.74) is 0.990. The summed E-state index contributed by atoms with van der Waals surface area (Å²) >= 11 is 12.0. The number of anilines is 1. The van der Waals surface area contributed by atoms with Crippen LogP contribution in [-0.2, 0) is 4.79 Å². The van der Waals surface area contributed by atoms with Crippen molar-refractivity contribution in [3.05, 3.63) is 58.1 Å². The predicted octanol–water partition coefficient (Wildman–Crippen LogP) is 3.17. The van der Waals surface area contributed by atoms with E-state index in [2.05, 4.69) is 5.32 Å². The van der Waals surface area contributed by atoms with Gasteiger partial charge in [0.05, 0.1) is 21.3 Å². The number of benzene rings is 2. The summed E-state index contributed by atoms with van der Waals surface area (Å²) in [7, 11) is 0. The van der Waals surface area contributed by atoms with E-state index in [1.54, 1.807) is 42.2 Å².